The number of piperidine rings is 1. The van der Waals surface area contributed by atoms with E-state index in [2.05, 4.69) is 15.2 Å². The van der Waals surface area contributed by atoms with Crippen LogP contribution in [0, 0.1) is 0 Å². The zero-order chi connectivity index (χ0) is 11.6. The van der Waals surface area contributed by atoms with Gasteiger partial charge in [0.2, 0.25) is 5.82 Å². The molecule has 16 heavy (non-hydrogen) atoms. The Morgan fingerprint density at radius 3 is 3.12 bits per heavy atom. The van der Waals surface area contributed by atoms with Crippen molar-refractivity contribution in [2.24, 2.45) is 0 Å². The van der Waals surface area contributed by atoms with Gasteiger partial charge in [-0.3, -0.25) is 9.89 Å². The van der Waals surface area contributed by atoms with E-state index in [1.54, 1.807) is 12.0 Å². The number of ether oxygens (including phenoxy) is 1. The van der Waals surface area contributed by atoms with Crippen LogP contribution in [0.5, 0.6) is 0 Å². The Hall–Kier alpha value is -1.43. The van der Waals surface area contributed by atoms with E-state index in [0.29, 0.717) is 12.4 Å². The van der Waals surface area contributed by atoms with Gasteiger partial charge in [-0.2, -0.15) is 5.10 Å². The van der Waals surface area contributed by atoms with Crippen LogP contribution in [-0.2, 0) is 4.74 Å². The minimum absolute atomic E-state index is 0.111. The zero-order valence-corrected chi connectivity index (χ0v) is 9.56. The molecular weight excluding hydrogens is 208 g/mol. The second-order valence-electron chi connectivity index (χ2n) is 4.32. The lowest BCUT2D eigenvalue weighted by atomic mass is 9.95. The summed E-state index contributed by atoms with van der Waals surface area (Å²) in [4.78, 5) is 17.6. The Morgan fingerprint density at radius 2 is 2.50 bits per heavy atom. The molecule has 1 N–H and O–H groups in total. The van der Waals surface area contributed by atoms with Gasteiger partial charge in [-0.15, -0.1) is 0 Å². The fraction of sp³-hybridized carbons (Fsp3) is 0.700. The first kappa shape index (κ1) is 11.1. The number of aromatic amines is 1. The molecule has 88 valence electrons. The number of hydrogen-bond donors (Lipinski definition) is 1. The highest BCUT2D eigenvalue weighted by molar-refractivity contribution is 5.90. The number of nitrogens with one attached hydrogen (secondary N) is 1. The lowest BCUT2D eigenvalue weighted by Gasteiger charge is -2.39. The van der Waals surface area contributed by atoms with Crippen molar-refractivity contribution in [3.8, 4) is 0 Å². The van der Waals surface area contributed by atoms with Crippen LogP contribution in [0.4, 0.5) is 0 Å². The van der Waals surface area contributed by atoms with Crippen molar-refractivity contribution in [1.82, 2.24) is 20.1 Å². The number of rotatable bonds is 2. The van der Waals surface area contributed by atoms with Crippen LogP contribution in [0.15, 0.2) is 6.33 Å². The largest absolute Gasteiger partial charge is 0.377 e. The van der Waals surface area contributed by atoms with Crippen LogP contribution in [-0.4, -0.2) is 51.8 Å². The maximum absolute atomic E-state index is 12.0. The molecule has 1 unspecified atom stereocenters. The van der Waals surface area contributed by atoms with Crippen molar-refractivity contribution < 1.29 is 9.53 Å². The van der Waals surface area contributed by atoms with Gasteiger partial charge in [0, 0.05) is 20.2 Å². The molecule has 1 atom stereocenters. The molecule has 1 aromatic rings. The number of nitrogens with zero attached hydrogens (tertiary/aromatic N) is 3. The van der Waals surface area contributed by atoms with Gasteiger partial charge in [0.1, 0.15) is 6.33 Å². The molecule has 1 aliphatic rings. The normalized spacial score (nSPS) is 25.8. The van der Waals surface area contributed by atoms with E-state index in [4.69, 9.17) is 4.74 Å². The number of carbonyl (C=O) groups excluding carboxylic acids is 1. The van der Waals surface area contributed by atoms with Crippen LogP contribution < -0.4 is 0 Å². The molecule has 0 aromatic carbocycles. The molecule has 0 aliphatic carbocycles. The van der Waals surface area contributed by atoms with E-state index >= 15 is 0 Å². The standard InChI is InChI=1S/C10H16N4O2/c1-10(16-2)4-3-5-14(6-10)9(15)8-11-7-12-13-8/h7H,3-6H2,1-2H3,(H,11,12,13). The van der Waals surface area contributed by atoms with Gasteiger partial charge in [0.15, 0.2) is 0 Å². The van der Waals surface area contributed by atoms with Gasteiger partial charge >= 0.3 is 0 Å². The summed E-state index contributed by atoms with van der Waals surface area (Å²) in [6.07, 6.45) is 3.26. The van der Waals surface area contributed by atoms with E-state index in [9.17, 15) is 4.79 Å². The zero-order valence-electron chi connectivity index (χ0n) is 9.56. The number of carbonyl (C=O) groups is 1. The van der Waals surface area contributed by atoms with Crippen LogP contribution in [0.25, 0.3) is 0 Å². The highest BCUT2D eigenvalue weighted by atomic mass is 16.5. The molecule has 0 spiro atoms. The number of methoxy groups -OCH3 is 1. The first-order chi connectivity index (χ1) is 7.64. The molecule has 6 nitrogen and oxygen atoms in total. The quantitative estimate of drug-likeness (QED) is 0.791. The molecule has 1 fully saturated rings. The lowest BCUT2D eigenvalue weighted by molar-refractivity contribution is -0.0442. The van der Waals surface area contributed by atoms with Gasteiger partial charge in [-0.1, -0.05) is 0 Å². The predicted molar refractivity (Wildman–Crippen MR) is 56.9 cm³/mol. The van der Waals surface area contributed by atoms with Crippen molar-refractivity contribution in [3.63, 3.8) is 0 Å². The topological polar surface area (TPSA) is 71.1 Å². The van der Waals surface area contributed by atoms with Gasteiger partial charge < -0.3 is 9.64 Å². The number of H-pyrrole nitrogens is 1. The van der Waals surface area contributed by atoms with Crippen molar-refractivity contribution in [2.75, 3.05) is 20.2 Å². The second kappa shape index (κ2) is 4.21. The van der Waals surface area contributed by atoms with E-state index in [1.165, 1.54) is 6.33 Å². The molecule has 2 rings (SSSR count). The summed E-state index contributed by atoms with van der Waals surface area (Å²) in [5.74, 6) is 0.181. The second-order valence-corrected chi connectivity index (χ2v) is 4.32. The Labute approximate surface area is 94.0 Å². The number of hydrogen-bond acceptors (Lipinski definition) is 4. The van der Waals surface area contributed by atoms with Crippen LogP contribution in [0.2, 0.25) is 0 Å². The summed E-state index contributed by atoms with van der Waals surface area (Å²) in [7, 11) is 1.68. The molecule has 6 heteroatoms. The highest BCUT2D eigenvalue weighted by Gasteiger charge is 2.33. The van der Waals surface area contributed by atoms with E-state index in [1.807, 2.05) is 6.92 Å². The molecule has 0 bridgehead atoms. The number of likely N-dealkylation sites (tertiary alicyclic amines) is 1. The number of aromatic nitrogens is 3. The van der Waals surface area contributed by atoms with E-state index < -0.39 is 0 Å². The maximum atomic E-state index is 12.0. The Morgan fingerprint density at radius 1 is 1.69 bits per heavy atom. The minimum atomic E-state index is -0.242. The molecule has 0 radical (unpaired) electrons. The molecule has 0 saturated carbocycles. The average Bonchev–Trinajstić information content (AvgIpc) is 2.82. The van der Waals surface area contributed by atoms with Gasteiger partial charge in [-0.05, 0) is 19.8 Å². The van der Waals surface area contributed by atoms with E-state index in [-0.39, 0.29) is 11.5 Å². The summed E-state index contributed by atoms with van der Waals surface area (Å²) in [5.41, 5.74) is -0.242. The summed E-state index contributed by atoms with van der Waals surface area (Å²) >= 11 is 0. The molecule has 1 amide bonds. The summed E-state index contributed by atoms with van der Waals surface area (Å²) in [6.45, 7) is 3.37. The first-order valence-corrected chi connectivity index (χ1v) is 5.34. The fourth-order valence-electron chi connectivity index (χ4n) is 2.00. The summed E-state index contributed by atoms with van der Waals surface area (Å²) in [6, 6.07) is 0. The fourth-order valence-corrected chi connectivity index (χ4v) is 2.00. The van der Waals surface area contributed by atoms with Crippen molar-refractivity contribution in [3.05, 3.63) is 12.2 Å². The average molecular weight is 224 g/mol. The maximum Gasteiger partial charge on any atom is 0.291 e. The van der Waals surface area contributed by atoms with Gasteiger partial charge in [-0.25, -0.2) is 4.98 Å². The van der Waals surface area contributed by atoms with E-state index in [0.717, 1.165) is 19.4 Å². The SMILES string of the molecule is COC1(C)CCCN(C(=O)c2ncn[nH]2)C1. The molecule has 1 aliphatic heterocycles. The van der Waals surface area contributed by atoms with Crippen molar-refractivity contribution in [2.45, 2.75) is 25.4 Å². The van der Waals surface area contributed by atoms with Crippen molar-refractivity contribution in [1.29, 1.82) is 0 Å². The Kier molecular flexibility index (Phi) is 2.91. The molecule has 1 saturated heterocycles. The van der Waals surface area contributed by atoms with Crippen LogP contribution in [0.1, 0.15) is 30.4 Å². The number of amides is 1. The van der Waals surface area contributed by atoms with Crippen LogP contribution >= 0.6 is 0 Å². The molecular formula is C10H16N4O2. The Bertz CT molecular complexity index is 365. The third kappa shape index (κ3) is 2.06. The highest BCUT2D eigenvalue weighted by Crippen LogP contribution is 2.24. The molecule has 1 aromatic heterocycles. The third-order valence-electron chi connectivity index (χ3n) is 3.06. The van der Waals surface area contributed by atoms with Crippen LogP contribution in [0.3, 0.4) is 0 Å². The summed E-state index contributed by atoms with van der Waals surface area (Å²) in [5, 5.41) is 6.27. The first-order valence-electron chi connectivity index (χ1n) is 5.34. The smallest absolute Gasteiger partial charge is 0.291 e. The van der Waals surface area contributed by atoms with Crippen molar-refractivity contribution >= 4 is 5.91 Å². The van der Waals surface area contributed by atoms with Gasteiger partial charge in [0.25, 0.3) is 5.91 Å². The third-order valence-corrected chi connectivity index (χ3v) is 3.06. The Balaban J connectivity index is 2.08. The summed E-state index contributed by atoms with van der Waals surface area (Å²) < 4.78 is 5.44. The monoisotopic (exact) mass is 224 g/mol. The molecule has 2 heterocycles. The predicted octanol–water partition coefficient (Wildman–Crippen LogP) is 0.446. The lowest BCUT2D eigenvalue weighted by Crippen LogP contribution is -2.49. The minimum Gasteiger partial charge on any atom is -0.377 e. The van der Waals surface area contributed by atoms with Gasteiger partial charge in [0.05, 0.1) is 5.60 Å².